The quantitative estimate of drug-likeness (QED) is 0.714. The van der Waals surface area contributed by atoms with E-state index in [1.165, 1.54) is 6.42 Å². The summed E-state index contributed by atoms with van der Waals surface area (Å²) in [6.45, 7) is 3.19. The molecule has 6 nitrogen and oxygen atoms in total. The lowest BCUT2D eigenvalue weighted by atomic mass is 10.3. The number of H-pyrrole nitrogens is 1. The van der Waals surface area contributed by atoms with E-state index < -0.39 is 0 Å². The summed E-state index contributed by atoms with van der Waals surface area (Å²) in [5, 5.41) is 3.30. The minimum Gasteiger partial charge on any atom is -0.368 e. The summed E-state index contributed by atoms with van der Waals surface area (Å²) < 4.78 is 0. The highest BCUT2D eigenvalue weighted by molar-refractivity contribution is 5.83. The summed E-state index contributed by atoms with van der Waals surface area (Å²) in [5.41, 5.74) is 7.05. The van der Waals surface area contributed by atoms with Crippen molar-refractivity contribution >= 4 is 22.9 Å². The molecule has 1 aliphatic rings. The first-order chi connectivity index (χ1) is 7.74. The molecule has 0 aliphatic heterocycles. The average molecular weight is 218 g/mol. The van der Waals surface area contributed by atoms with Crippen LogP contribution < -0.4 is 11.1 Å². The first-order valence-electron chi connectivity index (χ1n) is 5.44. The average Bonchev–Trinajstić information content (AvgIpc) is 2.76. The third-order valence-corrected chi connectivity index (χ3v) is 3.11. The maximum Gasteiger partial charge on any atom is 0.224 e. The van der Waals surface area contributed by atoms with Crippen LogP contribution in [0.2, 0.25) is 0 Å². The van der Waals surface area contributed by atoms with Gasteiger partial charge in [0.1, 0.15) is 5.52 Å². The Kier molecular flexibility index (Phi) is 1.95. The molecule has 0 bridgehead atoms. The number of aromatic amines is 1. The third kappa shape index (κ3) is 1.56. The number of fused-ring (bicyclic) bond motifs is 1. The second-order valence-corrected chi connectivity index (χ2v) is 4.39. The molecule has 0 aromatic carbocycles. The van der Waals surface area contributed by atoms with E-state index in [1.54, 1.807) is 6.33 Å². The lowest BCUT2D eigenvalue weighted by molar-refractivity contribution is 0.785. The molecule has 1 saturated carbocycles. The van der Waals surface area contributed by atoms with Crippen LogP contribution in [0.3, 0.4) is 0 Å². The first-order valence-corrected chi connectivity index (χ1v) is 5.44. The highest BCUT2D eigenvalue weighted by Gasteiger charge is 2.32. The first kappa shape index (κ1) is 9.38. The Hall–Kier alpha value is -1.85. The third-order valence-electron chi connectivity index (χ3n) is 3.11. The zero-order chi connectivity index (χ0) is 11.1. The van der Waals surface area contributed by atoms with Crippen molar-refractivity contribution in [2.24, 2.45) is 11.8 Å². The summed E-state index contributed by atoms with van der Waals surface area (Å²) in [5.74, 6) is 2.59. The molecule has 2 aromatic heterocycles. The molecule has 2 aromatic rings. The Bertz CT molecular complexity index is 519. The Labute approximate surface area is 92.7 Å². The van der Waals surface area contributed by atoms with Gasteiger partial charge >= 0.3 is 0 Å². The molecule has 1 fully saturated rings. The Morgan fingerprint density at radius 1 is 1.56 bits per heavy atom. The number of nitrogen functional groups attached to an aromatic ring is 1. The van der Waals surface area contributed by atoms with Crippen molar-refractivity contribution in [3.63, 3.8) is 0 Å². The van der Waals surface area contributed by atoms with Crippen molar-refractivity contribution < 1.29 is 0 Å². The Morgan fingerprint density at radius 3 is 3.12 bits per heavy atom. The van der Waals surface area contributed by atoms with Crippen molar-refractivity contribution in [1.82, 2.24) is 19.9 Å². The molecule has 84 valence electrons. The highest BCUT2D eigenvalue weighted by atomic mass is 15.1. The molecule has 3 rings (SSSR count). The van der Waals surface area contributed by atoms with Crippen LogP contribution >= 0.6 is 0 Å². The largest absolute Gasteiger partial charge is 0.368 e. The smallest absolute Gasteiger partial charge is 0.224 e. The van der Waals surface area contributed by atoms with E-state index in [4.69, 9.17) is 5.73 Å². The molecule has 4 N–H and O–H groups in total. The molecule has 2 unspecified atom stereocenters. The number of nitrogens with two attached hydrogens (primary N) is 1. The Balaban J connectivity index is 1.86. The maximum atomic E-state index is 5.62. The minimum atomic E-state index is 0.256. The molecule has 6 heteroatoms. The van der Waals surface area contributed by atoms with E-state index in [2.05, 4.69) is 32.2 Å². The normalized spacial score (nSPS) is 23.6. The number of anilines is 2. The molecule has 0 spiro atoms. The number of hydrogen-bond donors (Lipinski definition) is 3. The fraction of sp³-hybridized carbons (Fsp3) is 0.500. The van der Waals surface area contributed by atoms with Crippen LogP contribution in [0.15, 0.2) is 6.33 Å². The van der Waals surface area contributed by atoms with E-state index in [-0.39, 0.29) is 5.95 Å². The van der Waals surface area contributed by atoms with Crippen LogP contribution in [0.5, 0.6) is 0 Å². The number of imidazole rings is 1. The van der Waals surface area contributed by atoms with Crippen LogP contribution in [0.4, 0.5) is 11.8 Å². The van der Waals surface area contributed by atoms with Gasteiger partial charge in [-0.05, 0) is 18.3 Å². The SMILES string of the molecule is CC1CC1CNc1nc(N)nc2nc[nH]c12. The second-order valence-electron chi connectivity index (χ2n) is 4.39. The number of aromatic nitrogens is 4. The predicted molar refractivity (Wildman–Crippen MR) is 61.9 cm³/mol. The highest BCUT2D eigenvalue weighted by Crippen LogP contribution is 2.37. The van der Waals surface area contributed by atoms with Crippen molar-refractivity contribution in [2.45, 2.75) is 13.3 Å². The number of nitrogens with zero attached hydrogens (tertiary/aromatic N) is 3. The van der Waals surface area contributed by atoms with E-state index in [0.717, 1.165) is 29.7 Å². The number of rotatable bonds is 3. The van der Waals surface area contributed by atoms with Gasteiger partial charge in [-0.1, -0.05) is 6.92 Å². The van der Waals surface area contributed by atoms with Gasteiger partial charge in [0.15, 0.2) is 11.5 Å². The van der Waals surface area contributed by atoms with E-state index in [0.29, 0.717) is 5.65 Å². The lowest BCUT2D eigenvalue weighted by Crippen LogP contribution is -2.08. The molecular weight excluding hydrogens is 204 g/mol. The van der Waals surface area contributed by atoms with E-state index >= 15 is 0 Å². The predicted octanol–water partition coefficient (Wildman–Crippen LogP) is 1.00. The lowest BCUT2D eigenvalue weighted by Gasteiger charge is -2.05. The molecule has 2 atom stereocenters. The van der Waals surface area contributed by atoms with Gasteiger partial charge in [-0.25, -0.2) is 4.98 Å². The van der Waals surface area contributed by atoms with Crippen molar-refractivity contribution in [2.75, 3.05) is 17.6 Å². The fourth-order valence-electron chi connectivity index (χ4n) is 1.89. The van der Waals surface area contributed by atoms with Gasteiger partial charge in [0.2, 0.25) is 5.95 Å². The van der Waals surface area contributed by atoms with E-state index in [9.17, 15) is 0 Å². The van der Waals surface area contributed by atoms with Crippen molar-refractivity contribution in [3.8, 4) is 0 Å². The maximum absolute atomic E-state index is 5.62. The van der Waals surface area contributed by atoms with Gasteiger partial charge in [-0.2, -0.15) is 9.97 Å². The second kappa shape index (κ2) is 3.33. The number of nitrogens with one attached hydrogen (secondary N) is 2. The molecule has 2 heterocycles. The standard InChI is InChI=1S/C10H14N6/c1-5-2-6(5)3-12-8-7-9(14-4-13-7)16-10(11)15-8/h4-6H,2-3H2,1H3,(H4,11,12,13,14,15,16). The molecule has 0 saturated heterocycles. The number of hydrogen-bond acceptors (Lipinski definition) is 5. The summed E-state index contributed by atoms with van der Waals surface area (Å²) in [4.78, 5) is 15.3. The topological polar surface area (TPSA) is 92.5 Å². The Morgan fingerprint density at radius 2 is 2.38 bits per heavy atom. The summed E-state index contributed by atoms with van der Waals surface area (Å²) in [7, 11) is 0. The van der Waals surface area contributed by atoms with Gasteiger partial charge in [0.25, 0.3) is 0 Å². The van der Waals surface area contributed by atoms with E-state index in [1.807, 2.05) is 0 Å². The molecule has 0 amide bonds. The van der Waals surface area contributed by atoms with Gasteiger partial charge in [-0.15, -0.1) is 0 Å². The monoisotopic (exact) mass is 218 g/mol. The molecule has 1 aliphatic carbocycles. The van der Waals surface area contributed by atoms with Crippen molar-refractivity contribution in [1.29, 1.82) is 0 Å². The minimum absolute atomic E-state index is 0.256. The fourth-order valence-corrected chi connectivity index (χ4v) is 1.89. The van der Waals surface area contributed by atoms with Crippen LogP contribution in [-0.2, 0) is 0 Å². The molecule has 16 heavy (non-hydrogen) atoms. The summed E-state index contributed by atoms with van der Waals surface area (Å²) in [6, 6.07) is 0. The molecule has 0 radical (unpaired) electrons. The zero-order valence-electron chi connectivity index (χ0n) is 9.07. The van der Waals surface area contributed by atoms with Gasteiger partial charge in [-0.3, -0.25) is 0 Å². The summed E-state index contributed by atoms with van der Waals surface area (Å²) in [6.07, 6.45) is 2.89. The van der Waals surface area contributed by atoms with Crippen LogP contribution in [0.1, 0.15) is 13.3 Å². The van der Waals surface area contributed by atoms with Gasteiger partial charge in [0.05, 0.1) is 6.33 Å². The van der Waals surface area contributed by atoms with Gasteiger partial charge < -0.3 is 16.0 Å². The molecular formula is C10H14N6. The van der Waals surface area contributed by atoms with Crippen molar-refractivity contribution in [3.05, 3.63) is 6.33 Å². The van der Waals surface area contributed by atoms with Crippen LogP contribution in [0.25, 0.3) is 11.2 Å². The van der Waals surface area contributed by atoms with Crippen LogP contribution in [0, 0.1) is 11.8 Å². The summed E-state index contributed by atoms with van der Waals surface area (Å²) >= 11 is 0. The van der Waals surface area contributed by atoms with Gasteiger partial charge in [0, 0.05) is 6.54 Å². The zero-order valence-corrected chi connectivity index (χ0v) is 9.07. The van der Waals surface area contributed by atoms with Crippen LogP contribution in [-0.4, -0.2) is 26.5 Å².